The van der Waals surface area contributed by atoms with Crippen LogP contribution in [0.2, 0.25) is 0 Å². The van der Waals surface area contributed by atoms with Crippen molar-refractivity contribution in [1.82, 2.24) is 4.98 Å². The van der Waals surface area contributed by atoms with Crippen molar-refractivity contribution in [2.45, 2.75) is 26.3 Å². The van der Waals surface area contributed by atoms with E-state index in [0.29, 0.717) is 10.9 Å². The average Bonchev–Trinajstić information content (AvgIpc) is 2.50. The zero-order valence-corrected chi connectivity index (χ0v) is 10.3. The molecule has 1 heterocycles. The fraction of sp³-hybridized carbons (Fsp3) is 0.556. The molecule has 0 unspecified atom stereocenters. The summed E-state index contributed by atoms with van der Waals surface area (Å²) in [5.74, 6) is -0.508. The number of carboxylic acids is 1. The molecule has 0 saturated heterocycles. The topological polar surface area (TPSA) is 76.2 Å². The van der Waals surface area contributed by atoms with Crippen LogP contribution in [0.25, 0.3) is 0 Å². The lowest BCUT2D eigenvalue weighted by Crippen LogP contribution is -2.13. The molecule has 0 aliphatic carbocycles. The van der Waals surface area contributed by atoms with E-state index in [0.717, 1.165) is 6.42 Å². The van der Waals surface area contributed by atoms with Crippen molar-refractivity contribution in [3.8, 4) is 0 Å². The minimum atomic E-state index is -0.996. The first-order valence-electron chi connectivity index (χ1n) is 4.45. The Labute approximate surface area is 98.9 Å². The van der Waals surface area contributed by atoms with Crippen LogP contribution >= 0.6 is 23.7 Å². The van der Waals surface area contributed by atoms with Gasteiger partial charge in [-0.25, -0.2) is 9.78 Å². The Morgan fingerprint density at radius 1 is 1.67 bits per heavy atom. The Morgan fingerprint density at radius 3 is 2.67 bits per heavy atom. The van der Waals surface area contributed by atoms with Crippen LogP contribution in [-0.2, 0) is 0 Å². The smallest absolute Gasteiger partial charge is 0.355 e. The lowest BCUT2D eigenvalue weighted by Gasteiger charge is -2.10. The van der Waals surface area contributed by atoms with Crippen molar-refractivity contribution in [2.75, 3.05) is 0 Å². The van der Waals surface area contributed by atoms with Crippen molar-refractivity contribution in [3.63, 3.8) is 0 Å². The summed E-state index contributed by atoms with van der Waals surface area (Å²) in [5.41, 5.74) is 5.95. The highest BCUT2D eigenvalue weighted by molar-refractivity contribution is 7.09. The molecule has 15 heavy (non-hydrogen) atoms. The number of carboxylic acid groups (broad SMARTS) is 1. The molecule has 0 aliphatic heterocycles. The summed E-state index contributed by atoms with van der Waals surface area (Å²) in [6, 6.07) is -0.145. The summed E-state index contributed by atoms with van der Waals surface area (Å²) in [4.78, 5) is 14.5. The fourth-order valence-electron chi connectivity index (χ4n) is 1.16. The maximum absolute atomic E-state index is 10.6. The second-order valence-corrected chi connectivity index (χ2v) is 4.50. The first-order chi connectivity index (χ1) is 6.50. The zero-order valence-electron chi connectivity index (χ0n) is 8.64. The van der Waals surface area contributed by atoms with Gasteiger partial charge in [-0.15, -0.1) is 23.7 Å². The van der Waals surface area contributed by atoms with Gasteiger partial charge in [-0.3, -0.25) is 0 Å². The van der Waals surface area contributed by atoms with Crippen LogP contribution in [0.3, 0.4) is 0 Å². The van der Waals surface area contributed by atoms with Gasteiger partial charge in [0.1, 0.15) is 5.01 Å². The molecule has 4 nitrogen and oxygen atoms in total. The van der Waals surface area contributed by atoms with E-state index in [1.807, 2.05) is 0 Å². The maximum atomic E-state index is 10.6. The van der Waals surface area contributed by atoms with Gasteiger partial charge < -0.3 is 10.8 Å². The molecule has 1 aromatic rings. The molecule has 0 aliphatic rings. The molecule has 86 valence electrons. The Kier molecular flexibility index (Phi) is 5.79. The van der Waals surface area contributed by atoms with Gasteiger partial charge in [0.2, 0.25) is 0 Å². The average molecular weight is 251 g/mol. The van der Waals surface area contributed by atoms with Crippen molar-refractivity contribution in [3.05, 3.63) is 16.1 Å². The summed E-state index contributed by atoms with van der Waals surface area (Å²) >= 11 is 1.31. The summed E-state index contributed by atoms with van der Waals surface area (Å²) in [5, 5.41) is 10.9. The molecule has 0 amide bonds. The largest absolute Gasteiger partial charge is 0.476 e. The third kappa shape index (κ3) is 4.15. The number of nitrogens with zero attached hydrogens (tertiary/aromatic N) is 1. The Balaban J connectivity index is 0.00000196. The van der Waals surface area contributed by atoms with Gasteiger partial charge in [-0.1, -0.05) is 13.8 Å². The monoisotopic (exact) mass is 250 g/mol. The van der Waals surface area contributed by atoms with Crippen LogP contribution in [0.5, 0.6) is 0 Å². The highest BCUT2D eigenvalue weighted by atomic mass is 35.5. The van der Waals surface area contributed by atoms with Gasteiger partial charge in [0.15, 0.2) is 5.69 Å². The highest BCUT2D eigenvalue weighted by Crippen LogP contribution is 2.22. The molecule has 1 rings (SSSR count). The maximum Gasteiger partial charge on any atom is 0.355 e. The van der Waals surface area contributed by atoms with E-state index in [1.54, 1.807) is 0 Å². The van der Waals surface area contributed by atoms with Crippen molar-refractivity contribution < 1.29 is 9.90 Å². The minimum Gasteiger partial charge on any atom is -0.476 e. The molecule has 6 heteroatoms. The lowest BCUT2D eigenvalue weighted by atomic mass is 10.1. The Bertz CT molecular complexity index is 328. The van der Waals surface area contributed by atoms with Gasteiger partial charge in [0.05, 0.1) is 6.04 Å². The molecular formula is C9H15ClN2O2S. The molecule has 0 saturated carbocycles. The number of halogens is 1. The first kappa shape index (κ1) is 14.3. The normalized spacial score (nSPS) is 12.3. The van der Waals surface area contributed by atoms with Crippen LogP contribution in [0.15, 0.2) is 5.38 Å². The van der Waals surface area contributed by atoms with Gasteiger partial charge in [-0.2, -0.15) is 0 Å². The number of nitrogens with two attached hydrogens (primary N) is 1. The van der Waals surface area contributed by atoms with E-state index in [4.69, 9.17) is 10.8 Å². The third-order valence-corrected chi connectivity index (χ3v) is 2.76. The fourth-order valence-corrected chi connectivity index (χ4v) is 1.97. The predicted octanol–water partition coefficient (Wildman–Crippen LogP) is 2.31. The van der Waals surface area contributed by atoms with Crippen LogP contribution in [0.1, 0.15) is 41.8 Å². The second-order valence-electron chi connectivity index (χ2n) is 3.61. The van der Waals surface area contributed by atoms with E-state index in [2.05, 4.69) is 18.8 Å². The quantitative estimate of drug-likeness (QED) is 0.860. The van der Waals surface area contributed by atoms with Crippen LogP contribution < -0.4 is 5.73 Å². The third-order valence-electron chi connectivity index (χ3n) is 1.78. The molecular weight excluding hydrogens is 236 g/mol. The van der Waals surface area contributed by atoms with Gasteiger partial charge in [0.25, 0.3) is 0 Å². The molecule has 1 aromatic heterocycles. The van der Waals surface area contributed by atoms with Crippen molar-refractivity contribution in [1.29, 1.82) is 0 Å². The number of aromatic nitrogens is 1. The van der Waals surface area contributed by atoms with E-state index >= 15 is 0 Å². The van der Waals surface area contributed by atoms with E-state index in [-0.39, 0.29) is 24.1 Å². The van der Waals surface area contributed by atoms with Gasteiger partial charge in [-0.05, 0) is 12.3 Å². The molecule has 0 fully saturated rings. The molecule has 0 aromatic carbocycles. The number of thiazole rings is 1. The van der Waals surface area contributed by atoms with Gasteiger partial charge in [0, 0.05) is 5.38 Å². The molecule has 0 spiro atoms. The van der Waals surface area contributed by atoms with E-state index < -0.39 is 5.97 Å². The molecule has 1 atom stereocenters. The van der Waals surface area contributed by atoms with Crippen LogP contribution in [0.4, 0.5) is 0 Å². The SMILES string of the molecule is CC(C)C[C@H](N)c1nc(C(=O)O)cs1.Cl. The number of carbonyl (C=O) groups is 1. The summed E-state index contributed by atoms with van der Waals surface area (Å²) in [6.45, 7) is 4.15. The van der Waals surface area contributed by atoms with Crippen molar-refractivity contribution >= 4 is 29.7 Å². The molecule has 0 bridgehead atoms. The molecule has 3 N–H and O–H groups in total. The van der Waals surface area contributed by atoms with E-state index in [1.165, 1.54) is 16.7 Å². The van der Waals surface area contributed by atoms with E-state index in [9.17, 15) is 4.79 Å². The summed E-state index contributed by atoms with van der Waals surface area (Å²) in [6.07, 6.45) is 0.826. The second kappa shape index (κ2) is 6.05. The van der Waals surface area contributed by atoms with Gasteiger partial charge >= 0.3 is 5.97 Å². The predicted molar refractivity (Wildman–Crippen MR) is 62.7 cm³/mol. The van der Waals surface area contributed by atoms with Crippen LogP contribution in [-0.4, -0.2) is 16.1 Å². The number of hydrogen-bond donors (Lipinski definition) is 2. The van der Waals surface area contributed by atoms with Crippen LogP contribution in [0, 0.1) is 5.92 Å². The molecule has 0 radical (unpaired) electrons. The first-order valence-corrected chi connectivity index (χ1v) is 5.33. The standard InChI is InChI=1S/C9H14N2O2S.ClH/c1-5(2)3-6(10)8-11-7(4-14-8)9(12)13;/h4-6H,3,10H2,1-2H3,(H,12,13);1H/t6-;/m0./s1. The Hall–Kier alpha value is -0.650. The minimum absolute atomic E-state index is 0. The number of hydrogen-bond acceptors (Lipinski definition) is 4. The number of aromatic carboxylic acids is 1. The lowest BCUT2D eigenvalue weighted by molar-refractivity contribution is 0.0691. The van der Waals surface area contributed by atoms with Crippen molar-refractivity contribution in [2.24, 2.45) is 11.7 Å². The summed E-state index contributed by atoms with van der Waals surface area (Å²) < 4.78 is 0. The number of rotatable bonds is 4. The zero-order chi connectivity index (χ0) is 10.7. The summed E-state index contributed by atoms with van der Waals surface area (Å²) in [7, 11) is 0. The Morgan fingerprint density at radius 2 is 2.27 bits per heavy atom. The highest BCUT2D eigenvalue weighted by Gasteiger charge is 2.15.